The number of benzene rings is 1. The van der Waals surface area contributed by atoms with E-state index in [-0.39, 0.29) is 0 Å². The van der Waals surface area contributed by atoms with E-state index < -0.39 is 0 Å². The number of aliphatic hydroxyl groups is 1. The Morgan fingerprint density at radius 1 is 1.21 bits per heavy atom. The first-order valence-electron chi connectivity index (χ1n) is 4.70. The first-order valence-corrected chi connectivity index (χ1v) is 4.70. The fourth-order valence-electron chi connectivity index (χ4n) is 1.52. The molecule has 2 heteroatoms. The number of hydrogen-bond acceptors (Lipinski definition) is 2. The minimum absolute atomic E-state index is 0.326. The summed E-state index contributed by atoms with van der Waals surface area (Å²) >= 11 is 0. The molecule has 14 heavy (non-hydrogen) atoms. The van der Waals surface area contributed by atoms with Crippen molar-refractivity contribution < 1.29 is 5.11 Å². The molecule has 1 aliphatic heterocycles. The summed E-state index contributed by atoms with van der Waals surface area (Å²) in [6, 6.07) is 10.2. The second kappa shape index (κ2) is 4.01. The average Bonchev–Trinajstić information content (AvgIpc) is 2.19. The fourth-order valence-corrected chi connectivity index (χ4v) is 1.52. The molecule has 0 spiro atoms. The molecule has 0 fully saturated rings. The third-order valence-electron chi connectivity index (χ3n) is 2.17. The zero-order valence-electron chi connectivity index (χ0n) is 7.93. The van der Waals surface area contributed by atoms with Gasteiger partial charge in [0, 0.05) is 19.3 Å². The average molecular weight is 187 g/mol. The predicted molar refractivity (Wildman–Crippen MR) is 56.7 cm³/mol. The monoisotopic (exact) mass is 187 g/mol. The Morgan fingerprint density at radius 2 is 2.00 bits per heavy atom. The molecule has 72 valence electrons. The van der Waals surface area contributed by atoms with Crippen molar-refractivity contribution in [2.24, 2.45) is 0 Å². The van der Waals surface area contributed by atoms with E-state index in [9.17, 15) is 5.11 Å². The lowest BCUT2D eigenvalue weighted by atomic mass is 10.2. The molecule has 1 heterocycles. The van der Waals surface area contributed by atoms with Gasteiger partial charge >= 0.3 is 0 Å². The van der Waals surface area contributed by atoms with Crippen LogP contribution >= 0.6 is 0 Å². The Balaban J connectivity index is 2.03. The molecule has 1 N–H and O–H groups in total. The van der Waals surface area contributed by atoms with Crippen LogP contribution in [0, 0.1) is 0 Å². The summed E-state index contributed by atoms with van der Waals surface area (Å²) in [5, 5.41) is 9.29. The molecule has 0 atom stereocenters. The number of rotatable bonds is 2. The maximum Gasteiger partial charge on any atom is 0.131 e. The van der Waals surface area contributed by atoms with E-state index in [1.165, 1.54) is 5.56 Å². The summed E-state index contributed by atoms with van der Waals surface area (Å²) in [6.07, 6.45) is 5.45. The van der Waals surface area contributed by atoms with Crippen molar-refractivity contribution in [3.8, 4) is 0 Å². The molecular formula is C12H13NO. The van der Waals surface area contributed by atoms with Gasteiger partial charge in [-0.1, -0.05) is 36.4 Å². The van der Waals surface area contributed by atoms with Crippen LogP contribution in [0.3, 0.4) is 0 Å². The number of allylic oxidation sites excluding steroid dienone is 1. The highest BCUT2D eigenvalue weighted by molar-refractivity contribution is 5.19. The Morgan fingerprint density at radius 3 is 2.71 bits per heavy atom. The second-order valence-corrected chi connectivity index (χ2v) is 3.37. The molecule has 2 rings (SSSR count). The van der Waals surface area contributed by atoms with Crippen LogP contribution in [0.25, 0.3) is 0 Å². The van der Waals surface area contributed by atoms with Crippen molar-refractivity contribution in [1.82, 2.24) is 4.90 Å². The SMILES string of the molecule is OC1=CN(Cc2ccccc2)CC=C1. The molecule has 0 aliphatic carbocycles. The van der Waals surface area contributed by atoms with Gasteiger partial charge in [0.25, 0.3) is 0 Å². The van der Waals surface area contributed by atoms with Gasteiger partial charge in [-0.15, -0.1) is 0 Å². The minimum Gasteiger partial charge on any atom is -0.506 e. The Hall–Kier alpha value is -1.70. The highest BCUT2D eigenvalue weighted by atomic mass is 16.3. The first kappa shape index (κ1) is 8.88. The molecule has 1 aliphatic rings. The maximum absolute atomic E-state index is 9.29. The Bertz CT molecular complexity index is 354. The van der Waals surface area contributed by atoms with E-state index >= 15 is 0 Å². The van der Waals surface area contributed by atoms with Gasteiger partial charge in [0.1, 0.15) is 5.76 Å². The van der Waals surface area contributed by atoms with Gasteiger partial charge in [0.15, 0.2) is 0 Å². The van der Waals surface area contributed by atoms with Crippen LogP contribution in [-0.2, 0) is 6.54 Å². The smallest absolute Gasteiger partial charge is 0.131 e. The van der Waals surface area contributed by atoms with Crippen LogP contribution in [0.2, 0.25) is 0 Å². The number of aliphatic hydroxyl groups excluding tert-OH is 1. The van der Waals surface area contributed by atoms with Gasteiger partial charge in [0.2, 0.25) is 0 Å². The lowest BCUT2D eigenvalue weighted by Crippen LogP contribution is -2.19. The van der Waals surface area contributed by atoms with Crippen LogP contribution < -0.4 is 0 Å². The largest absolute Gasteiger partial charge is 0.506 e. The van der Waals surface area contributed by atoms with E-state index in [2.05, 4.69) is 17.0 Å². The van der Waals surface area contributed by atoms with Crippen LogP contribution in [0.4, 0.5) is 0 Å². The van der Waals surface area contributed by atoms with Gasteiger partial charge in [-0.3, -0.25) is 0 Å². The first-order chi connectivity index (χ1) is 6.84. The minimum atomic E-state index is 0.326. The molecule has 0 unspecified atom stereocenters. The Kier molecular flexibility index (Phi) is 2.54. The zero-order chi connectivity index (χ0) is 9.80. The van der Waals surface area contributed by atoms with Crippen LogP contribution in [0.5, 0.6) is 0 Å². The van der Waals surface area contributed by atoms with Gasteiger partial charge in [-0.05, 0) is 11.6 Å². The van der Waals surface area contributed by atoms with Crippen molar-refractivity contribution in [2.45, 2.75) is 6.54 Å². The van der Waals surface area contributed by atoms with E-state index in [0.717, 1.165) is 13.1 Å². The molecule has 0 saturated carbocycles. The second-order valence-electron chi connectivity index (χ2n) is 3.37. The molecule has 1 aromatic rings. The molecule has 0 bridgehead atoms. The highest BCUT2D eigenvalue weighted by Crippen LogP contribution is 2.09. The summed E-state index contributed by atoms with van der Waals surface area (Å²) in [5.41, 5.74) is 1.26. The van der Waals surface area contributed by atoms with Crippen LogP contribution in [-0.4, -0.2) is 16.6 Å². The van der Waals surface area contributed by atoms with E-state index in [0.29, 0.717) is 5.76 Å². The van der Waals surface area contributed by atoms with Crippen LogP contribution in [0.15, 0.2) is 54.4 Å². The fraction of sp³-hybridized carbons (Fsp3) is 0.167. The van der Waals surface area contributed by atoms with Crippen molar-refractivity contribution in [1.29, 1.82) is 0 Å². The van der Waals surface area contributed by atoms with Gasteiger partial charge in [0.05, 0.1) is 0 Å². The number of hydrogen-bond donors (Lipinski definition) is 1. The summed E-state index contributed by atoms with van der Waals surface area (Å²) in [7, 11) is 0. The highest BCUT2D eigenvalue weighted by Gasteiger charge is 2.04. The van der Waals surface area contributed by atoms with Crippen molar-refractivity contribution in [2.75, 3.05) is 6.54 Å². The van der Waals surface area contributed by atoms with E-state index in [4.69, 9.17) is 0 Å². The van der Waals surface area contributed by atoms with E-state index in [1.807, 2.05) is 24.3 Å². The normalized spacial score (nSPS) is 15.4. The molecule has 0 radical (unpaired) electrons. The number of nitrogens with zero attached hydrogens (tertiary/aromatic N) is 1. The summed E-state index contributed by atoms with van der Waals surface area (Å²) in [4.78, 5) is 2.07. The summed E-state index contributed by atoms with van der Waals surface area (Å²) in [5.74, 6) is 0.326. The molecule has 1 aromatic carbocycles. The maximum atomic E-state index is 9.29. The van der Waals surface area contributed by atoms with Crippen LogP contribution in [0.1, 0.15) is 5.56 Å². The molecule has 2 nitrogen and oxygen atoms in total. The third kappa shape index (κ3) is 2.16. The molecule has 0 amide bonds. The quantitative estimate of drug-likeness (QED) is 0.768. The van der Waals surface area contributed by atoms with Crippen molar-refractivity contribution >= 4 is 0 Å². The van der Waals surface area contributed by atoms with E-state index in [1.54, 1.807) is 12.3 Å². The van der Waals surface area contributed by atoms with Gasteiger partial charge < -0.3 is 10.0 Å². The Labute approximate surface area is 83.8 Å². The van der Waals surface area contributed by atoms with Crippen molar-refractivity contribution in [3.63, 3.8) is 0 Å². The standard InChI is InChI=1S/C12H13NO/c14-12-7-4-8-13(10-12)9-11-5-2-1-3-6-11/h1-7,10,14H,8-9H2. The molecule has 0 saturated heterocycles. The zero-order valence-corrected chi connectivity index (χ0v) is 7.93. The molecule has 0 aromatic heterocycles. The van der Waals surface area contributed by atoms with Crippen molar-refractivity contribution in [3.05, 3.63) is 60.0 Å². The predicted octanol–water partition coefficient (Wildman–Crippen LogP) is 2.46. The van der Waals surface area contributed by atoms with Gasteiger partial charge in [-0.2, -0.15) is 0 Å². The third-order valence-corrected chi connectivity index (χ3v) is 2.17. The summed E-state index contributed by atoms with van der Waals surface area (Å²) < 4.78 is 0. The topological polar surface area (TPSA) is 23.5 Å². The molecular weight excluding hydrogens is 174 g/mol. The lowest BCUT2D eigenvalue weighted by molar-refractivity contribution is 0.352. The van der Waals surface area contributed by atoms with Gasteiger partial charge in [-0.25, -0.2) is 0 Å². The lowest BCUT2D eigenvalue weighted by Gasteiger charge is -2.21. The summed E-state index contributed by atoms with van der Waals surface area (Å²) in [6.45, 7) is 1.70.